The van der Waals surface area contributed by atoms with Gasteiger partial charge >= 0.3 is 6.09 Å². The molecule has 48 heavy (non-hydrogen) atoms. The van der Waals surface area contributed by atoms with E-state index in [0.29, 0.717) is 0 Å². The van der Waals surface area contributed by atoms with Gasteiger partial charge in [0.25, 0.3) is 5.91 Å². The molecule has 0 aromatic heterocycles. The van der Waals surface area contributed by atoms with Crippen molar-refractivity contribution in [3.63, 3.8) is 0 Å². The number of carbonyl (C=O) groups is 6. The van der Waals surface area contributed by atoms with Gasteiger partial charge in [-0.05, 0) is 67.0 Å². The Bertz CT molecular complexity index is 1690. The minimum absolute atomic E-state index is 0.186. The Morgan fingerprint density at radius 1 is 1.17 bits per heavy atom. The number of carbonyl (C=O) groups excluding carboxylic acids is 6. The van der Waals surface area contributed by atoms with E-state index in [1.165, 1.54) is 25.9 Å². The summed E-state index contributed by atoms with van der Waals surface area (Å²) >= 11 is 0. The van der Waals surface area contributed by atoms with Crippen LogP contribution in [0.15, 0.2) is 28.7 Å². The summed E-state index contributed by atoms with van der Waals surface area (Å²) in [6.45, 7) is 6.08. The molecule has 0 aliphatic heterocycles. The zero-order valence-electron chi connectivity index (χ0n) is 27.3. The summed E-state index contributed by atoms with van der Waals surface area (Å²) in [4.78, 5) is 77.8. The molecule has 0 spiro atoms. The maximum Gasteiger partial charge on any atom is 0.408 e. The number of nitrogens with zero attached hydrogens (tertiary/aromatic N) is 1. The number of alkyl carbamates (subject to hydrolysis) is 1. The van der Waals surface area contributed by atoms with E-state index in [9.17, 15) is 49.2 Å². The van der Waals surface area contributed by atoms with Gasteiger partial charge in [0.2, 0.25) is 11.7 Å². The number of benzene rings is 1. The summed E-state index contributed by atoms with van der Waals surface area (Å²) in [5.41, 5.74) is -1.23. The van der Waals surface area contributed by atoms with E-state index in [2.05, 4.69) is 10.6 Å². The highest BCUT2D eigenvalue weighted by atomic mass is 19.1. The fourth-order valence-corrected chi connectivity index (χ4v) is 6.68. The van der Waals surface area contributed by atoms with Crippen LogP contribution in [0.25, 0.3) is 0 Å². The van der Waals surface area contributed by atoms with Gasteiger partial charge in [-0.25, -0.2) is 9.18 Å². The van der Waals surface area contributed by atoms with Crippen molar-refractivity contribution in [2.75, 3.05) is 19.4 Å². The largest absolute Gasteiger partial charge is 0.510 e. The van der Waals surface area contributed by atoms with Crippen LogP contribution in [0.4, 0.5) is 14.9 Å². The first-order chi connectivity index (χ1) is 22.1. The molecule has 4 rings (SSSR count). The highest BCUT2D eigenvalue weighted by molar-refractivity contribution is 6.25. The smallest absolute Gasteiger partial charge is 0.408 e. The van der Waals surface area contributed by atoms with E-state index < -0.39 is 116 Å². The molecule has 1 aromatic rings. The Hall–Kier alpha value is -4.83. The normalized spacial score (nSPS) is 24.4. The van der Waals surface area contributed by atoms with Gasteiger partial charge in [-0.1, -0.05) is 0 Å². The first-order valence-corrected chi connectivity index (χ1v) is 15.1. The van der Waals surface area contributed by atoms with Crippen LogP contribution in [0.3, 0.4) is 0 Å². The highest BCUT2D eigenvalue weighted by Crippen LogP contribution is 2.53. The van der Waals surface area contributed by atoms with Gasteiger partial charge in [0.1, 0.15) is 28.5 Å². The van der Waals surface area contributed by atoms with Crippen molar-refractivity contribution in [3.8, 4) is 5.75 Å². The van der Waals surface area contributed by atoms with Crippen molar-refractivity contribution in [1.29, 1.82) is 0 Å². The number of aliphatic hydroxyl groups is 3. The van der Waals surface area contributed by atoms with Crippen LogP contribution in [-0.4, -0.2) is 98.0 Å². The second-order valence-corrected chi connectivity index (χ2v) is 13.5. The Morgan fingerprint density at radius 3 is 2.33 bits per heavy atom. The number of hydrogen-bond acceptors (Lipinski definition) is 12. The number of ether oxygens (including phenoxy) is 1. The topological polar surface area (TPSA) is 246 Å². The van der Waals surface area contributed by atoms with Crippen molar-refractivity contribution in [2.24, 2.45) is 17.6 Å². The molecular weight excluding hydrogens is 635 g/mol. The number of primary amides is 1. The van der Waals surface area contributed by atoms with Crippen molar-refractivity contribution in [1.82, 2.24) is 10.2 Å². The molecule has 8 N–H and O–H groups in total. The lowest BCUT2D eigenvalue weighted by atomic mass is 9.58. The maximum absolute atomic E-state index is 15.6. The number of phenolic OH excluding ortho intramolecular Hbond substituents is 1. The van der Waals surface area contributed by atoms with E-state index in [1.54, 1.807) is 20.8 Å². The molecule has 3 aliphatic rings. The molecule has 0 saturated heterocycles. The number of Topliss-reactive ketones (excluding diaryl/α,β-unsaturated/α-hetero) is 3. The molecule has 16 heteroatoms. The van der Waals surface area contributed by atoms with E-state index in [4.69, 9.17) is 10.5 Å². The summed E-state index contributed by atoms with van der Waals surface area (Å²) in [5, 5.41) is 49.6. The van der Waals surface area contributed by atoms with Crippen molar-refractivity contribution < 1.29 is 58.3 Å². The highest BCUT2D eigenvalue weighted by Gasteiger charge is 2.63. The molecule has 0 bridgehead atoms. The first kappa shape index (κ1) is 36.0. The lowest BCUT2D eigenvalue weighted by molar-refractivity contribution is -0.148. The average molecular weight is 675 g/mol. The van der Waals surface area contributed by atoms with E-state index in [-0.39, 0.29) is 31.2 Å². The van der Waals surface area contributed by atoms with Crippen molar-refractivity contribution >= 4 is 40.9 Å². The number of nitrogens with one attached hydrogen (secondary N) is 2. The number of amides is 3. The number of aliphatic hydroxyl groups excluding tert-OH is 2. The number of hydrogen-bond donors (Lipinski definition) is 7. The molecule has 1 aromatic carbocycles. The number of rotatable bonds is 8. The third-order valence-electron chi connectivity index (χ3n) is 8.78. The van der Waals surface area contributed by atoms with Crippen LogP contribution in [0.2, 0.25) is 0 Å². The molecule has 15 nitrogen and oxygen atoms in total. The third-order valence-corrected chi connectivity index (χ3v) is 8.78. The number of allylic oxidation sites excluding steroid dienone is 1. The van der Waals surface area contributed by atoms with Crippen molar-refractivity contribution in [3.05, 3.63) is 45.7 Å². The number of anilines is 1. The molecule has 3 amide bonds. The van der Waals surface area contributed by atoms with Gasteiger partial charge in [-0.2, -0.15) is 0 Å². The number of aromatic hydroxyl groups is 1. The third kappa shape index (κ3) is 6.24. The number of nitrogens with two attached hydrogens (primary N) is 1. The van der Waals surface area contributed by atoms with E-state index >= 15 is 4.39 Å². The fourth-order valence-electron chi connectivity index (χ4n) is 6.68. The maximum atomic E-state index is 15.6. The van der Waals surface area contributed by atoms with Gasteiger partial charge in [0, 0.05) is 29.5 Å². The molecule has 0 saturated carbocycles. The van der Waals surface area contributed by atoms with Gasteiger partial charge in [-0.15, -0.1) is 0 Å². The lowest BCUT2D eigenvalue weighted by Gasteiger charge is -2.50. The number of fused-ring (bicyclic) bond motifs is 3. The second-order valence-electron chi connectivity index (χ2n) is 13.5. The van der Waals surface area contributed by atoms with Gasteiger partial charge < -0.3 is 41.5 Å². The summed E-state index contributed by atoms with van der Waals surface area (Å²) in [6, 6.07) is -1.50. The minimum atomic E-state index is -2.87. The number of likely N-dealkylation sites (N-methyl/N-ethyl adjacent to an activating group) is 1. The van der Waals surface area contributed by atoms with Crippen LogP contribution >= 0.6 is 0 Å². The summed E-state index contributed by atoms with van der Waals surface area (Å²) in [6.07, 6.45) is -1.95. The van der Waals surface area contributed by atoms with Gasteiger partial charge in [0.15, 0.2) is 22.9 Å². The lowest BCUT2D eigenvalue weighted by Crippen LogP contribution is -2.63. The van der Waals surface area contributed by atoms with Crippen LogP contribution in [0.1, 0.15) is 62.9 Å². The quantitative estimate of drug-likeness (QED) is 0.153. The minimum Gasteiger partial charge on any atom is -0.510 e. The van der Waals surface area contributed by atoms with Crippen LogP contribution in [0.5, 0.6) is 5.75 Å². The Kier molecular flexibility index (Phi) is 9.49. The Morgan fingerprint density at radius 2 is 1.79 bits per heavy atom. The Balaban J connectivity index is 1.65. The zero-order chi connectivity index (χ0) is 36.2. The Labute approximate surface area is 274 Å². The van der Waals surface area contributed by atoms with Crippen molar-refractivity contribution in [2.45, 2.75) is 76.7 Å². The number of phenols is 1. The summed E-state index contributed by atoms with van der Waals surface area (Å²) in [5.74, 6) is -11.2. The standard InChI is InChI=1S/C32H39FN4O11/c1-12(38)17(36-30(46)48-31(2,3)4)7-8-19(39)35-18-11-16(33)14-9-13-10-15-23(37(5)6)26(42)22(29(34)45)28(44)32(15,47)27(43)20(13)25(41)21(14)24(18)40/h11,13,15,17,23,40,42-43,47H,7-10H2,1-6H3,(H2,34,45)(H,35,39)(H,36,46)/t13-,15-,17-,23-,32-/m0/s1. The molecular formula is C32H39FN4O11. The molecule has 0 radical (unpaired) electrons. The van der Waals surface area contributed by atoms with Gasteiger partial charge in [0.05, 0.1) is 23.3 Å². The second kappa shape index (κ2) is 12.6. The SMILES string of the molecule is CC(=O)[C@H](CCC(=O)Nc1cc(F)c2c(c1O)C(=O)C1=C(O)[C@]3(O)C(=O)C(C(N)=O)=C(O)[C@@H](N(C)C)[C@@H]3C[C@@H]1C2)NC(=O)OC(C)(C)C. The average Bonchev–Trinajstić information content (AvgIpc) is 2.94. The van der Waals surface area contributed by atoms with Crippen LogP contribution in [0, 0.1) is 17.7 Å². The first-order valence-electron chi connectivity index (χ1n) is 15.1. The molecule has 260 valence electrons. The predicted molar refractivity (Wildman–Crippen MR) is 165 cm³/mol. The van der Waals surface area contributed by atoms with Gasteiger partial charge in [-0.3, -0.25) is 28.9 Å². The van der Waals surface area contributed by atoms with Crippen LogP contribution < -0.4 is 16.4 Å². The molecule has 5 atom stereocenters. The van der Waals surface area contributed by atoms with Crippen LogP contribution in [-0.2, 0) is 30.3 Å². The molecule has 0 fully saturated rings. The van der Waals surface area contributed by atoms with E-state index in [1.807, 2.05) is 0 Å². The zero-order valence-corrected chi connectivity index (χ0v) is 27.3. The number of ketones is 3. The molecule has 0 unspecified atom stereocenters. The summed E-state index contributed by atoms with van der Waals surface area (Å²) < 4.78 is 20.7. The molecule has 3 aliphatic carbocycles. The van der Waals surface area contributed by atoms with E-state index in [0.717, 1.165) is 6.07 Å². The molecule has 0 heterocycles. The fraction of sp³-hybridized carbons (Fsp3) is 0.500. The summed E-state index contributed by atoms with van der Waals surface area (Å²) in [7, 11) is 2.97. The number of halogens is 1. The monoisotopic (exact) mass is 674 g/mol. The predicted octanol–water partition coefficient (Wildman–Crippen LogP) is 1.46.